The second kappa shape index (κ2) is 5.13. The summed E-state index contributed by atoms with van der Waals surface area (Å²) in [5.74, 6) is 2.50. The van der Waals surface area contributed by atoms with E-state index in [2.05, 4.69) is 5.92 Å². The molecule has 0 aromatic heterocycles. The molecule has 5 heteroatoms. The van der Waals surface area contributed by atoms with E-state index < -0.39 is 12.1 Å². The molecule has 1 atom stereocenters. The summed E-state index contributed by atoms with van der Waals surface area (Å²) in [5.41, 5.74) is 2.64. The van der Waals surface area contributed by atoms with Gasteiger partial charge in [-0.25, -0.2) is 4.79 Å². The summed E-state index contributed by atoms with van der Waals surface area (Å²) in [6, 6.07) is 5.01. The SMILES string of the molecule is C#Cc1cccc2c1CCN2C(=O)C1CCCN1C(=O)O. The first kappa shape index (κ1) is 13.5. The van der Waals surface area contributed by atoms with Crippen LogP contribution in [0.2, 0.25) is 0 Å². The summed E-state index contributed by atoms with van der Waals surface area (Å²) in [7, 11) is 0. The standard InChI is InChI=1S/C16H16N2O3/c1-2-11-5-3-6-13-12(11)8-10-17(13)15(19)14-7-4-9-18(14)16(20)21/h1,3,5-6,14H,4,7-10H2,(H,20,21). The fourth-order valence-corrected chi connectivity index (χ4v) is 3.23. The molecule has 0 spiro atoms. The molecule has 0 saturated carbocycles. The van der Waals surface area contributed by atoms with Gasteiger partial charge >= 0.3 is 6.09 Å². The minimum absolute atomic E-state index is 0.136. The van der Waals surface area contributed by atoms with Gasteiger partial charge in [0, 0.05) is 24.3 Å². The Morgan fingerprint density at radius 3 is 2.86 bits per heavy atom. The van der Waals surface area contributed by atoms with Crippen molar-refractivity contribution in [2.45, 2.75) is 25.3 Å². The van der Waals surface area contributed by atoms with Gasteiger partial charge in [0.25, 0.3) is 0 Å². The minimum Gasteiger partial charge on any atom is -0.465 e. The second-order valence-electron chi connectivity index (χ2n) is 5.32. The van der Waals surface area contributed by atoms with E-state index >= 15 is 0 Å². The van der Waals surface area contributed by atoms with Gasteiger partial charge in [-0.2, -0.15) is 0 Å². The van der Waals surface area contributed by atoms with Gasteiger partial charge in [0.2, 0.25) is 5.91 Å². The number of carbonyl (C=O) groups is 2. The number of terminal acetylenes is 1. The Morgan fingerprint density at radius 2 is 2.14 bits per heavy atom. The molecule has 0 radical (unpaired) electrons. The number of rotatable bonds is 1. The quantitative estimate of drug-likeness (QED) is 0.798. The highest BCUT2D eigenvalue weighted by Crippen LogP contribution is 2.32. The molecule has 2 aliphatic heterocycles. The minimum atomic E-state index is -1.03. The molecule has 2 heterocycles. The van der Waals surface area contributed by atoms with Gasteiger partial charge in [-0.15, -0.1) is 6.42 Å². The number of carboxylic acid groups (broad SMARTS) is 1. The number of hydrogen-bond donors (Lipinski definition) is 1. The van der Waals surface area contributed by atoms with Gasteiger partial charge in [-0.3, -0.25) is 9.69 Å². The van der Waals surface area contributed by atoms with Crippen LogP contribution in [0.15, 0.2) is 18.2 Å². The zero-order valence-corrected chi connectivity index (χ0v) is 11.6. The number of benzene rings is 1. The van der Waals surface area contributed by atoms with Gasteiger partial charge in [-0.1, -0.05) is 12.0 Å². The van der Waals surface area contributed by atoms with E-state index in [1.165, 1.54) is 4.90 Å². The average Bonchev–Trinajstić information content (AvgIpc) is 3.12. The molecule has 1 N–H and O–H groups in total. The van der Waals surface area contributed by atoms with Gasteiger partial charge in [0.15, 0.2) is 0 Å². The maximum absolute atomic E-state index is 12.7. The number of hydrogen-bond acceptors (Lipinski definition) is 2. The third-order valence-corrected chi connectivity index (χ3v) is 4.23. The summed E-state index contributed by atoms with van der Waals surface area (Å²) >= 11 is 0. The topological polar surface area (TPSA) is 60.9 Å². The zero-order chi connectivity index (χ0) is 15.0. The molecule has 1 fully saturated rings. The Balaban J connectivity index is 1.89. The molecule has 5 nitrogen and oxygen atoms in total. The van der Waals surface area contributed by atoms with Crippen molar-refractivity contribution in [2.75, 3.05) is 18.0 Å². The van der Waals surface area contributed by atoms with Crippen LogP contribution in [0.3, 0.4) is 0 Å². The van der Waals surface area contributed by atoms with Crippen molar-refractivity contribution in [3.63, 3.8) is 0 Å². The molecule has 2 amide bonds. The summed E-state index contributed by atoms with van der Waals surface area (Å²) in [6.45, 7) is 0.994. The Hall–Kier alpha value is -2.48. The van der Waals surface area contributed by atoms with Crippen LogP contribution in [0.5, 0.6) is 0 Å². The van der Waals surface area contributed by atoms with E-state index in [9.17, 15) is 14.7 Å². The van der Waals surface area contributed by atoms with Crippen molar-refractivity contribution in [1.29, 1.82) is 0 Å². The van der Waals surface area contributed by atoms with Gasteiger partial charge < -0.3 is 10.0 Å². The van der Waals surface area contributed by atoms with Crippen molar-refractivity contribution in [3.05, 3.63) is 29.3 Å². The van der Waals surface area contributed by atoms with E-state index in [1.807, 2.05) is 18.2 Å². The fourth-order valence-electron chi connectivity index (χ4n) is 3.23. The van der Waals surface area contributed by atoms with Crippen LogP contribution in [0.4, 0.5) is 10.5 Å². The van der Waals surface area contributed by atoms with Crippen LogP contribution in [0.1, 0.15) is 24.0 Å². The summed E-state index contributed by atoms with van der Waals surface area (Å²) in [5, 5.41) is 9.18. The van der Waals surface area contributed by atoms with E-state index in [0.29, 0.717) is 19.5 Å². The molecular weight excluding hydrogens is 268 g/mol. The predicted octanol–water partition coefficient (Wildman–Crippen LogP) is 1.70. The first-order valence-corrected chi connectivity index (χ1v) is 7.03. The van der Waals surface area contributed by atoms with E-state index in [1.54, 1.807) is 4.90 Å². The lowest BCUT2D eigenvalue weighted by Gasteiger charge is -2.26. The van der Waals surface area contributed by atoms with Crippen molar-refractivity contribution in [1.82, 2.24) is 4.90 Å². The van der Waals surface area contributed by atoms with Gasteiger partial charge in [-0.05, 0) is 37.0 Å². The fraction of sp³-hybridized carbons (Fsp3) is 0.375. The summed E-state index contributed by atoms with van der Waals surface area (Å²) in [4.78, 5) is 26.8. The first-order valence-electron chi connectivity index (χ1n) is 7.03. The van der Waals surface area contributed by atoms with E-state index in [4.69, 9.17) is 6.42 Å². The van der Waals surface area contributed by atoms with Crippen LogP contribution < -0.4 is 4.90 Å². The Kier molecular flexibility index (Phi) is 3.30. The molecule has 1 aromatic carbocycles. The molecule has 0 bridgehead atoms. The molecule has 2 aliphatic rings. The van der Waals surface area contributed by atoms with Crippen LogP contribution in [0.25, 0.3) is 0 Å². The molecule has 1 saturated heterocycles. The summed E-state index contributed by atoms with van der Waals surface area (Å²) in [6.07, 6.45) is 6.51. The average molecular weight is 284 g/mol. The van der Waals surface area contributed by atoms with Gasteiger partial charge in [0.05, 0.1) is 0 Å². The molecule has 108 valence electrons. The van der Waals surface area contributed by atoms with Crippen molar-refractivity contribution in [3.8, 4) is 12.3 Å². The lowest BCUT2D eigenvalue weighted by atomic mass is 10.1. The number of fused-ring (bicyclic) bond motifs is 1. The van der Waals surface area contributed by atoms with Gasteiger partial charge in [0.1, 0.15) is 6.04 Å². The summed E-state index contributed by atoms with van der Waals surface area (Å²) < 4.78 is 0. The first-order chi connectivity index (χ1) is 10.1. The predicted molar refractivity (Wildman–Crippen MR) is 78.2 cm³/mol. The van der Waals surface area contributed by atoms with Crippen molar-refractivity contribution in [2.24, 2.45) is 0 Å². The number of carbonyl (C=O) groups excluding carboxylic acids is 1. The second-order valence-corrected chi connectivity index (χ2v) is 5.32. The zero-order valence-electron chi connectivity index (χ0n) is 11.6. The molecule has 1 aromatic rings. The molecule has 3 rings (SSSR count). The highest BCUT2D eigenvalue weighted by Gasteiger charge is 2.38. The van der Waals surface area contributed by atoms with Crippen LogP contribution in [0, 0.1) is 12.3 Å². The lowest BCUT2D eigenvalue weighted by Crippen LogP contribution is -2.47. The lowest BCUT2D eigenvalue weighted by molar-refractivity contribution is -0.122. The van der Waals surface area contributed by atoms with E-state index in [0.717, 1.165) is 29.7 Å². The number of amides is 2. The highest BCUT2D eigenvalue weighted by molar-refractivity contribution is 6.00. The molecule has 1 unspecified atom stereocenters. The normalized spacial score (nSPS) is 20.2. The number of likely N-dealkylation sites (tertiary alicyclic amines) is 1. The number of nitrogens with zero attached hydrogens (tertiary/aromatic N) is 2. The largest absolute Gasteiger partial charge is 0.465 e. The maximum Gasteiger partial charge on any atom is 0.407 e. The molecular formula is C16H16N2O3. The third-order valence-electron chi connectivity index (χ3n) is 4.23. The smallest absolute Gasteiger partial charge is 0.407 e. The Labute approximate surface area is 123 Å². The Morgan fingerprint density at radius 1 is 1.33 bits per heavy atom. The van der Waals surface area contributed by atoms with Crippen LogP contribution in [-0.4, -0.2) is 41.1 Å². The Bertz CT molecular complexity index is 647. The highest BCUT2D eigenvalue weighted by atomic mass is 16.4. The van der Waals surface area contributed by atoms with Crippen molar-refractivity contribution >= 4 is 17.7 Å². The maximum atomic E-state index is 12.7. The third kappa shape index (κ3) is 2.13. The van der Waals surface area contributed by atoms with Crippen LogP contribution in [-0.2, 0) is 11.2 Å². The molecule has 21 heavy (non-hydrogen) atoms. The monoisotopic (exact) mass is 284 g/mol. The molecule has 0 aliphatic carbocycles. The number of anilines is 1. The van der Waals surface area contributed by atoms with Crippen molar-refractivity contribution < 1.29 is 14.7 Å². The van der Waals surface area contributed by atoms with Crippen LogP contribution >= 0.6 is 0 Å². The van der Waals surface area contributed by atoms with E-state index in [-0.39, 0.29) is 5.91 Å².